The number of carbonyl (C=O) groups excluding carboxylic acids is 1. The van der Waals surface area contributed by atoms with Crippen LogP contribution in [0.2, 0.25) is 0 Å². The molecule has 0 unspecified atom stereocenters. The van der Waals surface area contributed by atoms with E-state index in [1.54, 1.807) is 40.3 Å². The first-order valence-electron chi connectivity index (χ1n) is 16.2. The summed E-state index contributed by atoms with van der Waals surface area (Å²) >= 11 is 0. The highest BCUT2D eigenvalue weighted by Crippen LogP contribution is 2.26. The Kier molecular flexibility index (Phi) is 8.90. The van der Waals surface area contributed by atoms with Crippen LogP contribution in [0, 0.1) is 0 Å². The molecule has 0 atom stereocenters. The zero-order chi connectivity index (χ0) is 32.9. The fourth-order valence-corrected chi connectivity index (χ4v) is 5.74. The molecule has 0 N–H and O–H groups in total. The molecule has 0 aliphatic heterocycles. The summed E-state index contributed by atoms with van der Waals surface area (Å²) in [6.07, 6.45) is 20.0. The van der Waals surface area contributed by atoms with Crippen molar-refractivity contribution in [3.8, 4) is 33.9 Å². The Hall–Kier alpha value is -5.84. The molecule has 11 nitrogen and oxygen atoms in total. The van der Waals surface area contributed by atoms with E-state index in [0.29, 0.717) is 12.1 Å². The molecule has 240 valence electrons. The van der Waals surface area contributed by atoms with Crippen molar-refractivity contribution in [2.45, 2.75) is 58.5 Å². The van der Waals surface area contributed by atoms with Gasteiger partial charge < -0.3 is 4.84 Å². The molecular weight excluding hydrogens is 602 g/mol. The minimum atomic E-state index is 0.0637. The molecule has 0 radical (unpaired) electrons. The van der Waals surface area contributed by atoms with Gasteiger partial charge in [-0.15, -0.1) is 0 Å². The van der Waals surface area contributed by atoms with Crippen molar-refractivity contribution in [3.63, 3.8) is 0 Å². The van der Waals surface area contributed by atoms with Crippen LogP contribution in [-0.4, -0.2) is 57.1 Å². The Morgan fingerprint density at radius 1 is 0.688 bits per heavy atom. The topological polar surface area (TPSA) is 126 Å². The summed E-state index contributed by atoms with van der Waals surface area (Å²) < 4.78 is 3.56. The predicted octanol–water partition coefficient (Wildman–Crippen LogP) is 6.64. The Balaban J connectivity index is 0.000000154. The highest BCUT2D eigenvalue weighted by Gasteiger charge is 2.21. The molecule has 0 bridgehead atoms. The van der Waals surface area contributed by atoms with Crippen LogP contribution in [0.3, 0.4) is 0 Å². The molecule has 11 heteroatoms. The summed E-state index contributed by atoms with van der Waals surface area (Å²) in [5.41, 5.74) is 10.1. The molecule has 6 heterocycles. The van der Waals surface area contributed by atoms with Gasteiger partial charge >= 0.3 is 0 Å². The van der Waals surface area contributed by atoms with Crippen molar-refractivity contribution in [2.24, 2.45) is 5.16 Å². The highest BCUT2D eigenvalue weighted by molar-refractivity contribution is 6.01. The maximum Gasteiger partial charge on any atom is 0.181 e. The van der Waals surface area contributed by atoms with Crippen molar-refractivity contribution >= 4 is 11.5 Å². The van der Waals surface area contributed by atoms with Crippen LogP contribution in [0.25, 0.3) is 33.9 Å². The Morgan fingerprint density at radius 3 is 1.81 bits per heavy atom. The van der Waals surface area contributed by atoms with E-state index in [0.717, 1.165) is 83.0 Å². The lowest BCUT2D eigenvalue weighted by molar-refractivity contribution is 0.0854. The van der Waals surface area contributed by atoms with Crippen molar-refractivity contribution in [1.29, 1.82) is 0 Å². The third-order valence-electron chi connectivity index (χ3n) is 8.16. The summed E-state index contributed by atoms with van der Waals surface area (Å²) in [6.45, 7) is 3.95. The first kappa shape index (κ1) is 30.8. The minimum absolute atomic E-state index is 0.0637. The van der Waals surface area contributed by atoms with Gasteiger partial charge in [0.05, 0.1) is 53.2 Å². The van der Waals surface area contributed by atoms with Crippen LogP contribution in [0.15, 0.2) is 103 Å². The van der Waals surface area contributed by atoms with Crippen LogP contribution >= 0.6 is 0 Å². The second-order valence-corrected chi connectivity index (χ2v) is 12.0. The third-order valence-corrected chi connectivity index (χ3v) is 8.16. The van der Waals surface area contributed by atoms with Crippen molar-refractivity contribution in [1.82, 2.24) is 39.5 Å². The van der Waals surface area contributed by atoms with Gasteiger partial charge in [-0.25, -0.2) is 19.3 Å². The largest absolute Gasteiger partial charge is 0.393 e. The van der Waals surface area contributed by atoms with E-state index in [-0.39, 0.29) is 11.9 Å². The number of rotatable bonds is 6. The van der Waals surface area contributed by atoms with Gasteiger partial charge in [0, 0.05) is 42.3 Å². The monoisotopic (exact) mass is 637 g/mol. The van der Waals surface area contributed by atoms with Gasteiger partial charge in [0.15, 0.2) is 5.78 Å². The van der Waals surface area contributed by atoms with Crippen LogP contribution in [0.4, 0.5) is 0 Å². The van der Waals surface area contributed by atoms with Gasteiger partial charge in [-0.05, 0) is 93.5 Å². The summed E-state index contributed by atoms with van der Waals surface area (Å²) in [7, 11) is 0. The van der Waals surface area contributed by atoms with E-state index in [9.17, 15) is 4.79 Å². The molecule has 2 aliphatic carbocycles. The molecule has 0 fully saturated rings. The maximum absolute atomic E-state index is 12.0. The van der Waals surface area contributed by atoms with Gasteiger partial charge in [-0.3, -0.25) is 14.8 Å². The van der Waals surface area contributed by atoms with E-state index in [1.807, 2.05) is 68.8 Å². The Bertz CT molecular complexity index is 2070. The minimum Gasteiger partial charge on any atom is -0.393 e. The SMILES string of the molecule is CC(C)O/N=C1\CCCc2ccc(-c3cnn(-c4cccnc4)c3)nc21.O=C1CCCc2ccc(-c3cnn(-c4cccnc4)c3)nc21. The molecule has 2 aliphatic rings. The van der Waals surface area contributed by atoms with Gasteiger partial charge in [0.1, 0.15) is 17.5 Å². The summed E-state index contributed by atoms with van der Waals surface area (Å²) in [6, 6.07) is 15.8. The van der Waals surface area contributed by atoms with E-state index >= 15 is 0 Å². The quantitative estimate of drug-likeness (QED) is 0.186. The molecule has 0 saturated heterocycles. The first-order valence-corrected chi connectivity index (χ1v) is 16.2. The fraction of sp³-hybridized carbons (Fsp3) is 0.243. The molecule has 0 saturated carbocycles. The van der Waals surface area contributed by atoms with Crippen molar-refractivity contribution in [3.05, 3.63) is 121 Å². The Labute approximate surface area is 278 Å². The number of aryl methyl sites for hydroxylation is 2. The number of ketones is 1. The van der Waals surface area contributed by atoms with E-state index in [4.69, 9.17) is 9.82 Å². The lowest BCUT2D eigenvalue weighted by Crippen LogP contribution is -2.15. The molecule has 0 spiro atoms. The first-order chi connectivity index (χ1) is 23.5. The number of fused-ring (bicyclic) bond motifs is 2. The zero-order valence-electron chi connectivity index (χ0n) is 26.9. The van der Waals surface area contributed by atoms with Crippen LogP contribution in [-0.2, 0) is 17.7 Å². The maximum atomic E-state index is 12.0. The average molecular weight is 638 g/mol. The molecule has 6 aromatic heterocycles. The molecule has 8 rings (SSSR count). The summed E-state index contributed by atoms with van der Waals surface area (Å²) in [4.78, 5) is 35.1. The van der Waals surface area contributed by atoms with Gasteiger partial charge in [-0.1, -0.05) is 17.3 Å². The van der Waals surface area contributed by atoms with Gasteiger partial charge in [0.2, 0.25) is 0 Å². The standard InChI is InChI=1S/C20H21N5O.C17H14N4O/c1-14(2)26-24-19-7-3-5-15-8-9-18(23-20(15)19)16-11-22-25(13-16)17-6-4-10-21-12-17;22-16-5-1-3-12-6-7-15(20-17(12)16)13-9-19-21(11-13)14-4-2-8-18-10-14/h4,6,8-14H,3,5,7H2,1-2H3;2,4,6-11H,1,3,5H2/b24-19+;. The fourth-order valence-electron chi connectivity index (χ4n) is 5.74. The number of hydrogen-bond donors (Lipinski definition) is 0. The molecule has 6 aromatic rings. The third kappa shape index (κ3) is 6.80. The smallest absolute Gasteiger partial charge is 0.181 e. The lowest BCUT2D eigenvalue weighted by Gasteiger charge is -2.17. The van der Waals surface area contributed by atoms with Crippen LogP contribution in [0.5, 0.6) is 0 Å². The summed E-state index contributed by atoms with van der Waals surface area (Å²) in [5.74, 6) is 0.141. The zero-order valence-corrected chi connectivity index (χ0v) is 26.9. The average Bonchev–Trinajstić information content (AvgIpc) is 3.83. The number of hydrogen-bond acceptors (Lipinski definition) is 9. The number of aromatic nitrogens is 8. The number of pyridine rings is 4. The number of oxime groups is 1. The predicted molar refractivity (Wildman–Crippen MR) is 182 cm³/mol. The van der Waals surface area contributed by atoms with E-state index in [2.05, 4.69) is 42.4 Å². The normalized spacial score (nSPS) is 14.6. The highest BCUT2D eigenvalue weighted by atomic mass is 16.6. The number of carbonyl (C=O) groups is 1. The number of Topliss-reactive ketones (excluding diaryl/α,β-unsaturated/α-hetero) is 1. The van der Waals surface area contributed by atoms with Gasteiger partial charge in [-0.2, -0.15) is 10.2 Å². The molecule has 0 amide bonds. The second kappa shape index (κ2) is 13.9. The van der Waals surface area contributed by atoms with Crippen LogP contribution < -0.4 is 0 Å². The lowest BCUT2D eigenvalue weighted by atomic mass is 9.94. The van der Waals surface area contributed by atoms with E-state index in [1.165, 1.54) is 5.56 Å². The molecule has 0 aromatic carbocycles. The second-order valence-electron chi connectivity index (χ2n) is 12.0. The van der Waals surface area contributed by atoms with Crippen LogP contribution in [0.1, 0.15) is 66.8 Å². The molecular formula is C37H35N9O2. The molecule has 48 heavy (non-hydrogen) atoms. The van der Waals surface area contributed by atoms with E-state index < -0.39 is 0 Å². The Morgan fingerprint density at radius 2 is 1.25 bits per heavy atom. The van der Waals surface area contributed by atoms with Gasteiger partial charge in [0.25, 0.3) is 0 Å². The summed E-state index contributed by atoms with van der Waals surface area (Å²) in [5, 5.41) is 13.1. The van der Waals surface area contributed by atoms with Crippen molar-refractivity contribution < 1.29 is 9.63 Å². The van der Waals surface area contributed by atoms with Crippen molar-refractivity contribution in [2.75, 3.05) is 0 Å². The number of nitrogens with zero attached hydrogens (tertiary/aromatic N) is 9.